The lowest BCUT2D eigenvalue weighted by Gasteiger charge is -2.41. The van der Waals surface area contributed by atoms with Gasteiger partial charge in [-0.2, -0.15) is 0 Å². The van der Waals surface area contributed by atoms with Gasteiger partial charge in [0, 0.05) is 37.8 Å². The third-order valence-electron chi connectivity index (χ3n) is 5.59. The highest BCUT2D eigenvalue weighted by Gasteiger charge is 2.47. The number of aromatic nitrogens is 1. The minimum absolute atomic E-state index is 0.0810. The monoisotopic (exact) mass is 372 g/mol. The van der Waals surface area contributed by atoms with Crippen LogP contribution in [0.3, 0.4) is 0 Å². The van der Waals surface area contributed by atoms with Gasteiger partial charge in [0.1, 0.15) is 5.71 Å². The molecule has 2 aliphatic heterocycles. The molecule has 1 spiro atoms. The van der Waals surface area contributed by atoms with Crippen molar-refractivity contribution in [2.75, 3.05) is 13.1 Å². The van der Waals surface area contributed by atoms with Crippen molar-refractivity contribution in [1.82, 2.24) is 15.2 Å². The van der Waals surface area contributed by atoms with Crippen LogP contribution in [0.5, 0.6) is 0 Å². The first kappa shape index (κ1) is 17.9. The van der Waals surface area contributed by atoms with Crippen LogP contribution in [0, 0.1) is 5.92 Å². The number of aliphatic hydroxyl groups is 1. The molecule has 8 nitrogen and oxygen atoms in total. The summed E-state index contributed by atoms with van der Waals surface area (Å²) >= 11 is 0. The number of nitrogens with one attached hydrogen (secondary N) is 1. The van der Waals surface area contributed by atoms with E-state index in [0.29, 0.717) is 44.6 Å². The molecule has 1 saturated heterocycles. The van der Waals surface area contributed by atoms with Gasteiger partial charge in [0.05, 0.1) is 12.6 Å². The van der Waals surface area contributed by atoms with Crippen molar-refractivity contribution >= 4 is 17.5 Å². The molecule has 0 radical (unpaired) electrons. The number of rotatable bonds is 4. The van der Waals surface area contributed by atoms with Gasteiger partial charge in [0.25, 0.3) is 5.91 Å². The largest absolute Gasteiger partial charge is 0.393 e. The van der Waals surface area contributed by atoms with E-state index in [-0.39, 0.29) is 23.8 Å². The molecule has 0 unspecified atom stereocenters. The van der Waals surface area contributed by atoms with Crippen molar-refractivity contribution in [2.45, 2.75) is 50.4 Å². The Morgan fingerprint density at radius 2 is 2.26 bits per heavy atom. The number of carbonyl (C=O) groups excluding carboxylic acids is 2. The maximum Gasteiger partial charge on any atom is 0.269 e. The zero-order valence-electron chi connectivity index (χ0n) is 15.1. The van der Waals surface area contributed by atoms with Crippen molar-refractivity contribution in [3.8, 4) is 0 Å². The Balaban J connectivity index is 1.31. The van der Waals surface area contributed by atoms with Crippen molar-refractivity contribution < 1.29 is 19.5 Å². The quantitative estimate of drug-likeness (QED) is 0.806. The topological polar surface area (TPSA) is 104 Å². The van der Waals surface area contributed by atoms with Gasteiger partial charge in [0.2, 0.25) is 5.91 Å². The van der Waals surface area contributed by atoms with Crippen molar-refractivity contribution in [2.24, 2.45) is 11.1 Å². The maximum absolute atomic E-state index is 12.6. The number of oxime groups is 1. The summed E-state index contributed by atoms with van der Waals surface area (Å²) in [4.78, 5) is 36.5. The number of hydrogen-bond acceptors (Lipinski definition) is 6. The molecule has 1 aromatic heterocycles. The first-order valence-corrected chi connectivity index (χ1v) is 9.44. The zero-order valence-corrected chi connectivity index (χ0v) is 15.1. The van der Waals surface area contributed by atoms with E-state index in [2.05, 4.69) is 15.5 Å². The third-order valence-corrected chi connectivity index (χ3v) is 5.59. The van der Waals surface area contributed by atoms with Crippen molar-refractivity contribution in [1.29, 1.82) is 0 Å². The van der Waals surface area contributed by atoms with Crippen LogP contribution in [0.25, 0.3) is 0 Å². The maximum atomic E-state index is 12.6. The Kier molecular flexibility index (Phi) is 4.82. The highest BCUT2D eigenvalue weighted by atomic mass is 16.7. The van der Waals surface area contributed by atoms with E-state index < -0.39 is 5.60 Å². The van der Waals surface area contributed by atoms with Gasteiger partial charge >= 0.3 is 0 Å². The Labute approximate surface area is 157 Å². The molecule has 8 heteroatoms. The molecular weight excluding hydrogens is 348 g/mol. The fourth-order valence-corrected chi connectivity index (χ4v) is 3.98. The summed E-state index contributed by atoms with van der Waals surface area (Å²) in [6.07, 6.45) is 6.13. The molecule has 0 bridgehead atoms. The van der Waals surface area contributed by atoms with Crippen LogP contribution in [-0.2, 0) is 21.0 Å². The number of piperidine rings is 1. The number of carbonyl (C=O) groups is 2. The van der Waals surface area contributed by atoms with Crippen LogP contribution in [0.15, 0.2) is 29.7 Å². The van der Waals surface area contributed by atoms with Gasteiger partial charge in [0.15, 0.2) is 5.60 Å². The number of aliphatic hydroxyl groups excluding tert-OH is 1. The van der Waals surface area contributed by atoms with E-state index in [1.54, 1.807) is 12.4 Å². The van der Waals surface area contributed by atoms with Gasteiger partial charge in [-0.15, -0.1) is 0 Å². The molecule has 4 rings (SSSR count). The summed E-state index contributed by atoms with van der Waals surface area (Å²) in [5.41, 5.74) is 0.682. The molecule has 0 aromatic carbocycles. The van der Waals surface area contributed by atoms with E-state index in [1.165, 1.54) is 0 Å². The van der Waals surface area contributed by atoms with Gasteiger partial charge < -0.3 is 20.2 Å². The molecular formula is C19H24N4O4. The number of amides is 2. The lowest BCUT2D eigenvalue weighted by atomic mass is 9.80. The van der Waals surface area contributed by atoms with Gasteiger partial charge in [-0.05, 0) is 37.3 Å². The van der Waals surface area contributed by atoms with Crippen molar-refractivity contribution in [3.05, 3.63) is 30.1 Å². The number of pyridine rings is 1. The molecule has 1 aliphatic carbocycles. The second-order valence-corrected chi connectivity index (χ2v) is 7.72. The standard InChI is InChI=1S/C19H24N4O4/c24-15-7-14(8-15)18(26)23-6-2-4-19(12-23)9-16(22-27-19)17(25)21-11-13-3-1-5-20-10-13/h1,3,5,10,14-15,24H,2,4,6-9,11-12H2,(H,21,25)/t14?,15?,19-/m1/s1. The molecule has 2 fully saturated rings. The Bertz CT molecular complexity index is 747. The van der Waals surface area contributed by atoms with E-state index in [4.69, 9.17) is 4.84 Å². The summed E-state index contributed by atoms with van der Waals surface area (Å²) in [5, 5.41) is 16.3. The Morgan fingerprint density at radius 1 is 1.41 bits per heavy atom. The molecule has 1 saturated carbocycles. The summed E-state index contributed by atoms with van der Waals surface area (Å²) in [6, 6.07) is 3.71. The summed E-state index contributed by atoms with van der Waals surface area (Å²) in [7, 11) is 0. The van der Waals surface area contributed by atoms with Crippen molar-refractivity contribution in [3.63, 3.8) is 0 Å². The van der Waals surface area contributed by atoms with E-state index >= 15 is 0 Å². The van der Waals surface area contributed by atoms with Crippen LogP contribution in [0.1, 0.15) is 37.7 Å². The second kappa shape index (κ2) is 7.26. The second-order valence-electron chi connectivity index (χ2n) is 7.72. The zero-order chi connectivity index (χ0) is 18.9. The average Bonchev–Trinajstić information content (AvgIpc) is 3.07. The first-order valence-electron chi connectivity index (χ1n) is 9.44. The van der Waals surface area contributed by atoms with Crippen LogP contribution >= 0.6 is 0 Å². The highest BCUT2D eigenvalue weighted by molar-refractivity contribution is 6.39. The SMILES string of the molecule is O=C(NCc1cccnc1)C1=NO[C@]2(CCCN(C(=O)C3CC(O)C3)C2)C1. The smallest absolute Gasteiger partial charge is 0.269 e. The molecule has 2 amide bonds. The fraction of sp³-hybridized carbons (Fsp3) is 0.579. The molecule has 1 atom stereocenters. The van der Waals surface area contributed by atoms with Crippen LogP contribution < -0.4 is 5.32 Å². The minimum atomic E-state index is -0.600. The van der Waals surface area contributed by atoms with Gasteiger partial charge in [-0.1, -0.05) is 11.2 Å². The fourth-order valence-electron chi connectivity index (χ4n) is 3.98. The lowest BCUT2D eigenvalue weighted by molar-refractivity contribution is -0.151. The minimum Gasteiger partial charge on any atom is -0.393 e. The average molecular weight is 372 g/mol. The number of likely N-dealkylation sites (tertiary alicyclic amines) is 1. The van der Waals surface area contributed by atoms with E-state index in [9.17, 15) is 14.7 Å². The molecule has 1 aromatic rings. The lowest BCUT2D eigenvalue weighted by Crippen LogP contribution is -2.54. The molecule has 2 N–H and O–H groups in total. The van der Waals surface area contributed by atoms with E-state index in [1.807, 2.05) is 17.0 Å². The number of nitrogens with zero attached hydrogens (tertiary/aromatic N) is 3. The van der Waals surface area contributed by atoms with Crippen LogP contribution in [0.4, 0.5) is 0 Å². The normalized spacial score (nSPS) is 29.7. The molecule has 27 heavy (non-hydrogen) atoms. The molecule has 144 valence electrons. The van der Waals surface area contributed by atoms with Gasteiger partial charge in [-0.25, -0.2) is 0 Å². The summed E-state index contributed by atoms with van der Waals surface area (Å²) in [6.45, 7) is 1.52. The summed E-state index contributed by atoms with van der Waals surface area (Å²) < 4.78 is 0. The first-order chi connectivity index (χ1) is 13.0. The summed E-state index contributed by atoms with van der Waals surface area (Å²) in [5.74, 6) is -0.251. The predicted octanol–water partition coefficient (Wildman–Crippen LogP) is 0.606. The Hall–Kier alpha value is -2.48. The number of hydrogen-bond donors (Lipinski definition) is 2. The molecule has 3 aliphatic rings. The van der Waals surface area contributed by atoms with Gasteiger partial charge in [-0.3, -0.25) is 14.6 Å². The highest BCUT2D eigenvalue weighted by Crippen LogP contribution is 2.36. The van der Waals surface area contributed by atoms with Crippen LogP contribution in [0.2, 0.25) is 0 Å². The predicted molar refractivity (Wildman–Crippen MR) is 96.5 cm³/mol. The molecule has 3 heterocycles. The van der Waals surface area contributed by atoms with Crippen LogP contribution in [-0.4, -0.2) is 57.3 Å². The third kappa shape index (κ3) is 3.80. The van der Waals surface area contributed by atoms with E-state index in [0.717, 1.165) is 18.4 Å². The Morgan fingerprint density at radius 3 is 3.00 bits per heavy atom.